The number of ether oxygens (including phenoxy) is 2. The maximum atomic E-state index is 5.38. The van der Waals surface area contributed by atoms with Gasteiger partial charge in [-0.05, 0) is 19.3 Å². The molecule has 1 unspecified atom stereocenters. The van der Waals surface area contributed by atoms with Crippen molar-refractivity contribution in [1.82, 2.24) is 5.32 Å². The van der Waals surface area contributed by atoms with Gasteiger partial charge in [-0.25, -0.2) is 0 Å². The lowest BCUT2D eigenvalue weighted by Crippen LogP contribution is -2.29. The zero-order valence-corrected chi connectivity index (χ0v) is 11.4. The zero-order chi connectivity index (χ0) is 12.2. The molecule has 0 heterocycles. The maximum Gasteiger partial charge on any atom is 0.0700 e. The van der Waals surface area contributed by atoms with E-state index >= 15 is 0 Å². The van der Waals surface area contributed by atoms with Crippen molar-refractivity contribution in [3.63, 3.8) is 0 Å². The Bertz CT molecular complexity index is 140. The summed E-state index contributed by atoms with van der Waals surface area (Å²) >= 11 is 0. The highest BCUT2D eigenvalue weighted by atomic mass is 16.5. The average molecular weight is 231 g/mol. The van der Waals surface area contributed by atoms with Crippen molar-refractivity contribution in [2.75, 3.05) is 33.5 Å². The van der Waals surface area contributed by atoms with Crippen LogP contribution >= 0.6 is 0 Å². The van der Waals surface area contributed by atoms with E-state index in [1.807, 2.05) is 0 Å². The lowest BCUT2D eigenvalue weighted by Gasteiger charge is -2.14. The first kappa shape index (κ1) is 15.9. The van der Waals surface area contributed by atoms with E-state index in [9.17, 15) is 0 Å². The van der Waals surface area contributed by atoms with Crippen LogP contribution in [-0.2, 0) is 9.47 Å². The fraction of sp³-hybridized carbons (Fsp3) is 1.00. The summed E-state index contributed by atoms with van der Waals surface area (Å²) in [5, 5.41) is 3.47. The van der Waals surface area contributed by atoms with Crippen molar-refractivity contribution in [1.29, 1.82) is 0 Å². The van der Waals surface area contributed by atoms with Gasteiger partial charge in [0.15, 0.2) is 0 Å². The summed E-state index contributed by atoms with van der Waals surface area (Å²) in [5.74, 6) is 0.824. The number of methoxy groups -OCH3 is 1. The molecule has 0 aliphatic rings. The van der Waals surface area contributed by atoms with Crippen molar-refractivity contribution >= 4 is 0 Å². The third kappa shape index (κ3) is 12.0. The monoisotopic (exact) mass is 231 g/mol. The molecule has 3 heteroatoms. The van der Waals surface area contributed by atoms with Crippen LogP contribution < -0.4 is 5.32 Å². The van der Waals surface area contributed by atoms with Crippen molar-refractivity contribution < 1.29 is 9.47 Å². The number of hydrogen-bond acceptors (Lipinski definition) is 3. The van der Waals surface area contributed by atoms with Gasteiger partial charge in [0.05, 0.1) is 19.8 Å². The van der Waals surface area contributed by atoms with Crippen molar-refractivity contribution in [3.05, 3.63) is 0 Å². The van der Waals surface area contributed by atoms with E-state index in [-0.39, 0.29) is 0 Å². The van der Waals surface area contributed by atoms with Gasteiger partial charge >= 0.3 is 0 Å². The molecule has 0 amide bonds. The molecular weight excluding hydrogens is 202 g/mol. The molecule has 0 aromatic heterocycles. The largest absolute Gasteiger partial charge is 0.382 e. The quantitative estimate of drug-likeness (QED) is 0.554. The second kappa shape index (κ2) is 11.4. The molecule has 1 atom stereocenters. The van der Waals surface area contributed by atoms with Crippen LogP contribution in [-0.4, -0.2) is 39.5 Å². The Labute approximate surface area is 101 Å². The van der Waals surface area contributed by atoms with Gasteiger partial charge in [-0.3, -0.25) is 0 Å². The molecule has 3 nitrogen and oxygen atoms in total. The normalized spacial score (nSPS) is 13.3. The Morgan fingerprint density at radius 1 is 1.00 bits per heavy atom. The maximum absolute atomic E-state index is 5.38. The van der Waals surface area contributed by atoms with Gasteiger partial charge in [-0.2, -0.15) is 0 Å². The van der Waals surface area contributed by atoms with Gasteiger partial charge in [-0.1, -0.05) is 26.7 Å². The summed E-state index contributed by atoms with van der Waals surface area (Å²) in [4.78, 5) is 0. The van der Waals surface area contributed by atoms with Crippen LogP contribution in [0.5, 0.6) is 0 Å². The highest BCUT2D eigenvalue weighted by Crippen LogP contribution is 2.07. The standard InChI is InChI=1S/C13H29NO2/c1-12(2)6-5-7-13(3)14-8-9-16-11-10-15-4/h12-14H,5-11H2,1-4H3. The summed E-state index contributed by atoms with van der Waals surface area (Å²) in [6.45, 7) is 9.90. The Morgan fingerprint density at radius 3 is 2.38 bits per heavy atom. The van der Waals surface area contributed by atoms with Crippen LogP contribution in [0.2, 0.25) is 0 Å². The highest BCUT2D eigenvalue weighted by molar-refractivity contribution is 4.61. The molecule has 0 aliphatic carbocycles. The minimum absolute atomic E-state index is 0.602. The molecule has 0 radical (unpaired) electrons. The molecule has 0 bridgehead atoms. The topological polar surface area (TPSA) is 30.5 Å². The molecule has 0 aromatic rings. The van der Waals surface area contributed by atoms with Gasteiger partial charge in [0.1, 0.15) is 0 Å². The van der Waals surface area contributed by atoms with Gasteiger partial charge in [0, 0.05) is 19.7 Å². The molecule has 0 fully saturated rings. The average Bonchev–Trinajstić information content (AvgIpc) is 2.22. The molecule has 16 heavy (non-hydrogen) atoms. The molecule has 98 valence electrons. The molecule has 0 aromatic carbocycles. The fourth-order valence-corrected chi connectivity index (χ4v) is 1.56. The van der Waals surface area contributed by atoms with Crippen molar-refractivity contribution in [2.24, 2.45) is 5.92 Å². The first-order chi connectivity index (χ1) is 7.66. The van der Waals surface area contributed by atoms with Crippen LogP contribution in [0.15, 0.2) is 0 Å². The van der Waals surface area contributed by atoms with Gasteiger partial charge < -0.3 is 14.8 Å². The number of hydrogen-bond donors (Lipinski definition) is 1. The summed E-state index contributed by atoms with van der Waals surface area (Å²) < 4.78 is 10.3. The Morgan fingerprint density at radius 2 is 1.75 bits per heavy atom. The smallest absolute Gasteiger partial charge is 0.0700 e. The van der Waals surface area contributed by atoms with Crippen molar-refractivity contribution in [2.45, 2.75) is 46.1 Å². The Balaban J connectivity index is 3.14. The van der Waals surface area contributed by atoms with E-state index in [1.165, 1.54) is 19.3 Å². The molecule has 0 saturated heterocycles. The minimum atomic E-state index is 0.602. The van der Waals surface area contributed by atoms with E-state index < -0.39 is 0 Å². The van der Waals surface area contributed by atoms with Gasteiger partial charge in [0.2, 0.25) is 0 Å². The minimum Gasteiger partial charge on any atom is -0.382 e. The van der Waals surface area contributed by atoms with E-state index in [0.29, 0.717) is 19.3 Å². The molecule has 1 N–H and O–H groups in total. The van der Waals surface area contributed by atoms with Crippen LogP contribution in [0.25, 0.3) is 0 Å². The van der Waals surface area contributed by atoms with Crippen LogP contribution in [0.1, 0.15) is 40.0 Å². The Kier molecular flexibility index (Phi) is 11.3. The van der Waals surface area contributed by atoms with Gasteiger partial charge in [0.25, 0.3) is 0 Å². The van der Waals surface area contributed by atoms with E-state index in [1.54, 1.807) is 7.11 Å². The zero-order valence-electron chi connectivity index (χ0n) is 11.4. The van der Waals surface area contributed by atoms with Gasteiger partial charge in [-0.15, -0.1) is 0 Å². The summed E-state index contributed by atoms with van der Waals surface area (Å²) in [7, 11) is 1.69. The van der Waals surface area contributed by atoms with E-state index in [0.717, 1.165) is 19.1 Å². The molecule has 0 spiro atoms. The lowest BCUT2D eigenvalue weighted by atomic mass is 10.0. The summed E-state index contributed by atoms with van der Waals surface area (Å²) in [6.07, 6.45) is 3.91. The SMILES string of the molecule is COCCOCCNC(C)CCCC(C)C. The summed E-state index contributed by atoms with van der Waals surface area (Å²) in [6, 6.07) is 0.602. The second-order valence-corrected chi connectivity index (χ2v) is 4.79. The lowest BCUT2D eigenvalue weighted by molar-refractivity contribution is 0.0711. The third-order valence-electron chi connectivity index (χ3n) is 2.59. The third-order valence-corrected chi connectivity index (χ3v) is 2.59. The molecular formula is C13H29NO2. The van der Waals surface area contributed by atoms with E-state index in [4.69, 9.17) is 9.47 Å². The second-order valence-electron chi connectivity index (χ2n) is 4.79. The highest BCUT2D eigenvalue weighted by Gasteiger charge is 2.01. The van der Waals surface area contributed by atoms with Crippen molar-refractivity contribution in [3.8, 4) is 0 Å². The first-order valence-electron chi connectivity index (χ1n) is 6.47. The molecule has 0 rings (SSSR count). The predicted octanol–water partition coefficient (Wildman–Crippen LogP) is 2.45. The first-order valence-corrected chi connectivity index (χ1v) is 6.47. The summed E-state index contributed by atoms with van der Waals surface area (Å²) in [5.41, 5.74) is 0. The fourth-order valence-electron chi connectivity index (χ4n) is 1.56. The number of nitrogens with one attached hydrogen (secondary N) is 1. The Hall–Kier alpha value is -0.120. The molecule has 0 saturated carbocycles. The predicted molar refractivity (Wildman–Crippen MR) is 68.8 cm³/mol. The van der Waals surface area contributed by atoms with Crippen LogP contribution in [0.3, 0.4) is 0 Å². The molecule has 0 aliphatic heterocycles. The number of rotatable bonds is 11. The van der Waals surface area contributed by atoms with Crippen LogP contribution in [0.4, 0.5) is 0 Å². The van der Waals surface area contributed by atoms with E-state index in [2.05, 4.69) is 26.1 Å². The van der Waals surface area contributed by atoms with Crippen LogP contribution in [0, 0.1) is 5.92 Å².